The third-order valence-electron chi connectivity index (χ3n) is 4.58. The van der Waals surface area contributed by atoms with E-state index >= 15 is 0 Å². The topological polar surface area (TPSA) is 91.7 Å². The molecule has 6 heteroatoms. The van der Waals surface area contributed by atoms with Gasteiger partial charge in [0.25, 0.3) is 0 Å². The molecule has 0 saturated heterocycles. The summed E-state index contributed by atoms with van der Waals surface area (Å²) in [5.41, 5.74) is 3.03. The molecule has 1 unspecified atom stereocenters. The Kier molecular flexibility index (Phi) is 7.03. The summed E-state index contributed by atoms with van der Waals surface area (Å²) in [6.45, 7) is 0. The molecule has 5 nitrogen and oxygen atoms in total. The van der Waals surface area contributed by atoms with Crippen LogP contribution in [0.5, 0.6) is 0 Å². The van der Waals surface area contributed by atoms with E-state index in [1.807, 2.05) is 54.6 Å². The number of hydrogen-bond acceptors (Lipinski definition) is 4. The number of benzene rings is 3. The van der Waals surface area contributed by atoms with Crippen molar-refractivity contribution >= 4 is 28.8 Å². The summed E-state index contributed by atoms with van der Waals surface area (Å²) < 4.78 is 0. The molecule has 0 aliphatic heterocycles. The van der Waals surface area contributed by atoms with E-state index in [1.54, 1.807) is 12.1 Å². The fourth-order valence-electron chi connectivity index (χ4n) is 3.14. The molecular formula is C24H20O5S. The monoisotopic (exact) mass is 420 g/mol. The Morgan fingerprint density at radius 1 is 0.733 bits per heavy atom. The minimum absolute atomic E-state index is 0.0739. The summed E-state index contributed by atoms with van der Waals surface area (Å²) in [7, 11) is 0. The molecule has 0 heterocycles. The van der Waals surface area contributed by atoms with Crippen LogP contribution in [0.4, 0.5) is 0 Å². The van der Waals surface area contributed by atoms with E-state index in [0.717, 1.165) is 28.5 Å². The molecule has 0 fully saturated rings. The lowest BCUT2D eigenvalue weighted by molar-refractivity contribution is -0.136. The van der Waals surface area contributed by atoms with Crippen molar-refractivity contribution < 1.29 is 24.6 Å². The van der Waals surface area contributed by atoms with Crippen LogP contribution < -0.4 is 0 Å². The number of aromatic carboxylic acids is 1. The Bertz CT molecular complexity index is 1040. The van der Waals surface area contributed by atoms with Gasteiger partial charge in [-0.2, -0.15) is 0 Å². The van der Waals surface area contributed by atoms with Gasteiger partial charge < -0.3 is 10.2 Å². The molecule has 1 atom stereocenters. The zero-order chi connectivity index (χ0) is 21.5. The number of thioether (sulfide) groups is 1. The van der Waals surface area contributed by atoms with Crippen LogP contribution in [-0.2, 0) is 11.2 Å². The van der Waals surface area contributed by atoms with Crippen LogP contribution in [0.15, 0.2) is 78.9 Å². The normalized spacial score (nSPS) is 11.6. The first-order valence-electron chi connectivity index (χ1n) is 9.33. The van der Waals surface area contributed by atoms with Crippen LogP contribution in [-0.4, -0.2) is 32.5 Å². The molecule has 30 heavy (non-hydrogen) atoms. The van der Waals surface area contributed by atoms with Crippen LogP contribution in [0.2, 0.25) is 0 Å². The molecule has 0 bridgehead atoms. The molecule has 0 radical (unpaired) electrons. The number of carboxylic acids is 2. The first kappa shape index (κ1) is 21.3. The van der Waals surface area contributed by atoms with E-state index < -0.39 is 22.3 Å². The van der Waals surface area contributed by atoms with Gasteiger partial charge in [-0.3, -0.25) is 9.59 Å². The summed E-state index contributed by atoms with van der Waals surface area (Å²) in [6, 6.07) is 23.6. The summed E-state index contributed by atoms with van der Waals surface area (Å²) >= 11 is 0.870. The number of hydrogen-bond donors (Lipinski definition) is 2. The minimum atomic E-state index is -1.19. The van der Waals surface area contributed by atoms with Gasteiger partial charge in [-0.05, 0) is 35.2 Å². The van der Waals surface area contributed by atoms with E-state index in [0.29, 0.717) is 6.42 Å². The van der Waals surface area contributed by atoms with Crippen molar-refractivity contribution in [1.29, 1.82) is 0 Å². The zero-order valence-corrected chi connectivity index (χ0v) is 16.8. The van der Waals surface area contributed by atoms with Gasteiger partial charge in [-0.1, -0.05) is 78.5 Å². The molecule has 0 aromatic heterocycles. The predicted molar refractivity (Wildman–Crippen MR) is 117 cm³/mol. The van der Waals surface area contributed by atoms with Crippen molar-refractivity contribution in [3.05, 3.63) is 95.6 Å². The van der Waals surface area contributed by atoms with Crippen LogP contribution in [0.3, 0.4) is 0 Å². The van der Waals surface area contributed by atoms with E-state index in [1.165, 1.54) is 12.1 Å². The maximum Gasteiger partial charge on any atom is 0.336 e. The number of carboxylic acid groups (broad SMARTS) is 2. The first-order chi connectivity index (χ1) is 14.4. The second-order valence-corrected chi connectivity index (χ2v) is 8.02. The third kappa shape index (κ3) is 5.58. The van der Waals surface area contributed by atoms with Gasteiger partial charge in [0, 0.05) is 10.8 Å². The van der Waals surface area contributed by atoms with E-state index in [-0.39, 0.29) is 17.5 Å². The van der Waals surface area contributed by atoms with Crippen molar-refractivity contribution in [2.45, 2.75) is 18.1 Å². The van der Waals surface area contributed by atoms with E-state index in [9.17, 15) is 24.6 Å². The smallest absolute Gasteiger partial charge is 0.336 e. The standard InChI is InChI=1S/C24H20O5S/c25-22(26)15-19(30-24(29)21-9-5-4-8-20(21)23(27)28)14-16-10-12-18(13-11-16)17-6-2-1-3-7-17/h1-13,19H,14-15H2,(H,25,26)(H,27,28). The van der Waals surface area contributed by atoms with Crippen LogP contribution in [0, 0.1) is 0 Å². The van der Waals surface area contributed by atoms with Crippen LogP contribution >= 0.6 is 11.8 Å². The second kappa shape index (κ2) is 9.89. The summed E-state index contributed by atoms with van der Waals surface area (Å²) in [6.07, 6.45) is 0.180. The highest BCUT2D eigenvalue weighted by molar-refractivity contribution is 8.14. The maximum absolute atomic E-state index is 12.7. The van der Waals surface area contributed by atoms with Crippen molar-refractivity contribution in [2.24, 2.45) is 0 Å². The molecule has 0 aliphatic carbocycles. The minimum Gasteiger partial charge on any atom is -0.481 e. The second-order valence-electron chi connectivity index (χ2n) is 6.74. The lowest BCUT2D eigenvalue weighted by atomic mass is 10.0. The molecule has 2 N–H and O–H groups in total. The molecule has 0 spiro atoms. The van der Waals surface area contributed by atoms with E-state index in [4.69, 9.17) is 0 Å². The summed E-state index contributed by atoms with van der Waals surface area (Å²) in [5, 5.41) is 17.6. The molecule has 3 aromatic carbocycles. The Labute approximate surface area is 178 Å². The maximum atomic E-state index is 12.7. The number of carbonyl (C=O) groups excluding carboxylic acids is 1. The molecule has 0 amide bonds. The highest BCUT2D eigenvalue weighted by Crippen LogP contribution is 2.27. The molecule has 0 saturated carbocycles. The van der Waals surface area contributed by atoms with E-state index in [2.05, 4.69) is 0 Å². The van der Waals surface area contributed by atoms with Gasteiger partial charge in [-0.25, -0.2) is 4.79 Å². The molecule has 3 aromatic rings. The number of aliphatic carboxylic acids is 1. The third-order valence-corrected chi connectivity index (χ3v) is 5.68. The largest absolute Gasteiger partial charge is 0.481 e. The van der Waals surface area contributed by atoms with Gasteiger partial charge in [0.1, 0.15) is 0 Å². The highest BCUT2D eigenvalue weighted by atomic mass is 32.2. The van der Waals surface area contributed by atoms with Crippen molar-refractivity contribution in [3.8, 4) is 11.1 Å². The average molecular weight is 420 g/mol. The summed E-state index contributed by atoms with van der Waals surface area (Å²) in [5.74, 6) is -2.20. The SMILES string of the molecule is O=C(O)CC(Cc1ccc(-c2ccccc2)cc1)SC(=O)c1ccccc1C(=O)O. The van der Waals surface area contributed by atoms with Crippen LogP contribution in [0.25, 0.3) is 11.1 Å². The number of rotatable bonds is 8. The molecule has 0 aliphatic rings. The Balaban J connectivity index is 1.76. The quantitative estimate of drug-likeness (QED) is 0.532. The average Bonchev–Trinajstić information content (AvgIpc) is 2.74. The lowest BCUT2D eigenvalue weighted by Gasteiger charge is -2.15. The van der Waals surface area contributed by atoms with Gasteiger partial charge in [0.15, 0.2) is 0 Å². The zero-order valence-electron chi connectivity index (χ0n) is 16.0. The summed E-state index contributed by atoms with van der Waals surface area (Å²) in [4.78, 5) is 35.4. The molecule has 152 valence electrons. The van der Waals surface area contributed by atoms with Crippen molar-refractivity contribution in [3.63, 3.8) is 0 Å². The Hall–Kier alpha value is -3.38. The van der Waals surface area contributed by atoms with Crippen molar-refractivity contribution in [1.82, 2.24) is 0 Å². The van der Waals surface area contributed by atoms with Crippen LogP contribution in [0.1, 0.15) is 32.7 Å². The van der Waals surface area contributed by atoms with Gasteiger partial charge in [-0.15, -0.1) is 0 Å². The highest BCUT2D eigenvalue weighted by Gasteiger charge is 2.23. The molecule has 3 rings (SSSR count). The first-order valence-corrected chi connectivity index (χ1v) is 10.2. The van der Waals surface area contributed by atoms with Gasteiger partial charge in [0.2, 0.25) is 5.12 Å². The Morgan fingerprint density at radius 3 is 1.90 bits per heavy atom. The lowest BCUT2D eigenvalue weighted by Crippen LogP contribution is -2.17. The Morgan fingerprint density at radius 2 is 1.30 bits per heavy atom. The van der Waals surface area contributed by atoms with Gasteiger partial charge in [0.05, 0.1) is 12.0 Å². The van der Waals surface area contributed by atoms with Gasteiger partial charge >= 0.3 is 11.9 Å². The fourth-order valence-corrected chi connectivity index (χ4v) is 4.25. The molecular weight excluding hydrogens is 400 g/mol. The van der Waals surface area contributed by atoms with Crippen molar-refractivity contribution in [2.75, 3.05) is 0 Å². The fraction of sp³-hybridized carbons (Fsp3) is 0.125. The number of carbonyl (C=O) groups is 3. The predicted octanol–water partition coefficient (Wildman–Crippen LogP) is 5.01.